The van der Waals surface area contributed by atoms with E-state index in [0.717, 1.165) is 5.30 Å². The maximum Gasteiger partial charge on any atom is 0.129 e. The van der Waals surface area contributed by atoms with Crippen LogP contribution in [0.25, 0.3) is 0 Å². The van der Waals surface area contributed by atoms with E-state index in [9.17, 15) is 0 Å². The molecule has 1 aromatic rings. The van der Waals surface area contributed by atoms with Crippen LogP contribution in [0.5, 0.6) is 0 Å². The van der Waals surface area contributed by atoms with Gasteiger partial charge in [0.15, 0.2) is 0 Å². The minimum absolute atomic E-state index is 0.539. The van der Waals surface area contributed by atoms with Gasteiger partial charge in [-0.1, -0.05) is 11.6 Å². The predicted molar refractivity (Wildman–Crippen MR) is 38.6 cm³/mol. The highest BCUT2D eigenvalue weighted by Crippen LogP contribution is 1.99. The molecule has 1 rings (SSSR count). The van der Waals surface area contributed by atoms with Gasteiger partial charge in [-0.25, -0.2) is 4.98 Å². The minimum Gasteiger partial charge on any atom is -0.245 e. The number of halogens is 1. The molecule has 8 heavy (non-hydrogen) atoms. The van der Waals surface area contributed by atoms with Gasteiger partial charge in [-0.05, 0) is 17.4 Å². The number of rotatable bonds is 0. The lowest BCUT2D eigenvalue weighted by atomic mass is 10.5. The fourth-order valence-corrected chi connectivity index (χ4v) is 0.949. The molecule has 0 radical (unpaired) electrons. The Morgan fingerprint density at radius 1 is 1.62 bits per heavy atom. The maximum absolute atomic E-state index is 5.52. The Bertz CT molecular complexity index is 172. The van der Waals surface area contributed by atoms with E-state index >= 15 is 0 Å². The van der Waals surface area contributed by atoms with E-state index < -0.39 is 0 Å². The van der Waals surface area contributed by atoms with Crippen LogP contribution < -0.4 is 5.30 Å². The Labute approximate surface area is 55.3 Å². The Balaban J connectivity index is 3.08. The molecule has 1 heterocycles. The summed E-state index contributed by atoms with van der Waals surface area (Å²) < 4.78 is 0. The highest BCUT2D eigenvalue weighted by Gasteiger charge is 1.84. The third-order valence-electron chi connectivity index (χ3n) is 0.751. The van der Waals surface area contributed by atoms with Crippen molar-refractivity contribution in [2.75, 3.05) is 0 Å². The second-order valence-corrected chi connectivity index (χ2v) is 2.47. The lowest BCUT2D eigenvalue weighted by Gasteiger charge is -1.87. The topological polar surface area (TPSA) is 12.9 Å². The van der Waals surface area contributed by atoms with Crippen LogP contribution in [0.4, 0.5) is 0 Å². The van der Waals surface area contributed by atoms with Crippen LogP contribution in [0.15, 0.2) is 18.3 Å². The lowest BCUT2D eigenvalue weighted by Crippen LogP contribution is -1.88. The van der Waals surface area contributed by atoms with E-state index in [-0.39, 0.29) is 0 Å². The molecule has 0 saturated heterocycles. The van der Waals surface area contributed by atoms with Gasteiger partial charge < -0.3 is 0 Å². The number of hydrogen-bond donors (Lipinski definition) is 0. The van der Waals surface area contributed by atoms with Crippen molar-refractivity contribution < 1.29 is 0 Å². The van der Waals surface area contributed by atoms with Gasteiger partial charge in [-0.3, -0.25) is 0 Å². The molecule has 3 heteroatoms. The highest BCUT2D eigenvalue weighted by atomic mass is 35.5. The van der Waals surface area contributed by atoms with Crippen molar-refractivity contribution in [3.8, 4) is 0 Å². The zero-order valence-corrected chi connectivity index (χ0v) is 6.05. The fraction of sp³-hybridized carbons (Fsp3) is 0. The van der Waals surface area contributed by atoms with Gasteiger partial charge in [0.05, 0.1) is 0 Å². The van der Waals surface area contributed by atoms with Crippen molar-refractivity contribution in [3.05, 3.63) is 23.5 Å². The van der Waals surface area contributed by atoms with E-state index in [2.05, 4.69) is 14.2 Å². The normalized spacial score (nSPS) is 9.25. The van der Waals surface area contributed by atoms with E-state index in [1.54, 1.807) is 12.3 Å². The van der Waals surface area contributed by atoms with E-state index in [1.165, 1.54) is 0 Å². The molecule has 1 atom stereocenters. The van der Waals surface area contributed by atoms with Crippen molar-refractivity contribution in [3.63, 3.8) is 0 Å². The number of pyridine rings is 1. The Hall–Kier alpha value is -0.130. The molecule has 1 unspecified atom stereocenters. The molecule has 0 aliphatic carbocycles. The van der Waals surface area contributed by atoms with Crippen molar-refractivity contribution in [1.82, 2.24) is 4.98 Å². The molecule has 0 saturated carbocycles. The van der Waals surface area contributed by atoms with Gasteiger partial charge in [0.1, 0.15) is 5.15 Å². The average Bonchev–Trinajstić information content (AvgIpc) is 1.64. The van der Waals surface area contributed by atoms with Crippen LogP contribution in [-0.4, -0.2) is 4.98 Å². The molecule has 0 aliphatic rings. The van der Waals surface area contributed by atoms with Crippen LogP contribution >= 0.6 is 20.8 Å². The number of nitrogens with zero attached hydrogens (tertiary/aromatic N) is 1. The summed E-state index contributed by atoms with van der Waals surface area (Å²) in [5, 5.41) is 1.60. The van der Waals surface area contributed by atoms with Gasteiger partial charge in [0, 0.05) is 6.20 Å². The quantitative estimate of drug-likeness (QED) is 0.395. The Morgan fingerprint density at radius 3 is 2.75 bits per heavy atom. The first-order valence-corrected chi connectivity index (χ1v) is 3.11. The molecule has 0 aromatic carbocycles. The summed E-state index contributed by atoms with van der Waals surface area (Å²) in [5.74, 6) is 0. The second kappa shape index (κ2) is 2.43. The van der Waals surface area contributed by atoms with E-state index in [1.807, 2.05) is 6.07 Å². The zero-order chi connectivity index (χ0) is 5.98. The van der Waals surface area contributed by atoms with Crippen molar-refractivity contribution >= 4 is 26.1 Å². The van der Waals surface area contributed by atoms with Gasteiger partial charge in [-0.2, -0.15) is 0 Å². The molecule has 0 aliphatic heterocycles. The summed E-state index contributed by atoms with van der Waals surface area (Å²) in [7, 11) is 2.54. The monoisotopic (exact) mass is 145 g/mol. The van der Waals surface area contributed by atoms with Crippen molar-refractivity contribution in [1.29, 1.82) is 0 Å². The van der Waals surface area contributed by atoms with Crippen LogP contribution in [0.3, 0.4) is 0 Å². The van der Waals surface area contributed by atoms with Crippen LogP contribution in [0, 0.1) is 0 Å². The molecular formula is C5H5ClNP. The summed E-state index contributed by atoms with van der Waals surface area (Å²) in [4.78, 5) is 3.79. The molecule has 0 N–H and O–H groups in total. The summed E-state index contributed by atoms with van der Waals surface area (Å²) >= 11 is 5.52. The Kier molecular flexibility index (Phi) is 1.82. The van der Waals surface area contributed by atoms with Gasteiger partial charge in [0.25, 0.3) is 0 Å². The number of hydrogen-bond acceptors (Lipinski definition) is 1. The lowest BCUT2D eigenvalue weighted by molar-refractivity contribution is 1.34. The first-order valence-electron chi connectivity index (χ1n) is 2.16. The van der Waals surface area contributed by atoms with Crippen LogP contribution in [-0.2, 0) is 0 Å². The summed E-state index contributed by atoms with van der Waals surface area (Å²) in [6.07, 6.45) is 1.67. The third kappa shape index (κ3) is 1.43. The van der Waals surface area contributed by atoms with Crippen molar-refractivity contribution in [2.45, 2.75) is 0 Å². The molecule has 0 bridgehead atoms. The average molecular weight is 146 g/mol. The third-order valence-corrected chi connectivity index (χ3v) is 1.32. The molecular weight excluding hydrogens is 140 g/mol. The summed E-state index contributed by atoms with van der Waals surface area (Å²) in [6, 6.07) is 3.66. The molecule has 1 aromatic heterocycles. The van der Waals surface area contributed by atoms with E-state index in [0.29, 0.717) is 5.15 Å². The highest BCUT2D eigenvalue weighted by molar-refractivity contribution is 7.27. The van der Waals surface area contributed by atoms with Gasteiger partial charge in [0.2, 0.25) is 0 Å². The summed E-state index contributed by atoms with van der Waals surface area (Å²) in [5.41, 5.74) is 0. The van der Waals surface area contributed by atoms with Gasteiger partial charge in [-0.15, -0.1) is 9.24 Å². The molecule has 0 spiro atoms. The zero-order valence-electron chi connectivity index (χ0n) is 4.13. The maximum atomic E-state index is 5.52. The summed E-state index contributed by atoms with van der Waals surface area (Å²) in [6.45, 7) is 0. The first-order chi connectivity index (χ1) is 3.79. The second-order valence-electron chi connectivity index (χ2n) is 1.41. The van der Waals surface area contributed by atoms with Crippen LogP contribution in [0.1, 0.15) is 0 Å². The SMILES string of the molecule is Pc1ccnc(Cl)c1. The standard InChI is InChI=1S/C5H5ClNP/c6-5-3-4(8)1-2-7-5/h1-3H,8H2. The fourth-order valence-electron chi connectivity index (χ4n) is 0.417. The predicted octanol–water partition coefficient (Wildman–Crippen LogP) is 1.24. The molecule has 0 amide bonds. The van der Waals surface area contributed by atoms with Crippen LogP contribution in [0.2, 0.25) is 5.15 Å². The largest absolute Gasteiger partial charge is 0.245 e. The molecule has 0 fully saturated rings. The van der Waals surface area contributed by atoms with Crippen molar-refractivity contribution in [2.24, 2.45) is 0 Å². The first kappa shape index (κ1) is 6.00. The minimum atomic E-state index is 0.539. The van der Waals surface area contributed by atoms with Gasteiger partial charge >= 0.3 is 0 Å². The smallest absolute Gasteiger partial charge is 0.129 e. The van der Waals surface area contributed by atoms with E-state index in [4.69, 9.17) is 11.6 Å². The Morgan fingerprint density at radius 2 is 2.38 bits per heavy atom. The number of aromatic nitrogens is 1. The molecule has 1 nitrogen and oxygen atoms in total. The molecule has 42 valence electrons.